The maximum Gasteiger partial charge on any atom is 0.255 e. The first-order valence-electron chi connectivity index (χ1n) is 10.9. The Bertz CT molecular complexity index is 1310. The number of anilines is 2. The van der Waals surface area contributed by atoms with Crippen molar-refractivity contribution in [2.75, 3.05) is 17.2 Å². The fraction of sp³-hybridized carbons (Fsp3) is 0.240. The fourth-order valence-corrected chi connectivity index (χ4v) is 4.38. The number of aromatic nitrogens is 1. The highest BCUT2D eigenvalue weighted by molar-refractivity contribution is 6.30. The monoisotopic (exact) mass is 499 g/mol. The number of nitrogens with one attached hydrogen (secondary N) is 2. The summed E-state index contributed by atoms with van der Waals surface area (Å²) in [6, 6.07) is 14.8. The Morgan fingerprint density at radius 2 is 1.69 bits per heavy atom. The van der Waals surface area contributed by atoms with E-state index in [4.69, 9.17) is 11.6 Å². The van der Waals surface area contributed by atoms with Crippen molar-refractivity contribution in [2.24, 2.45) is 11.8 Å². The quantitative estimate of drug-likeness (QED) is 0.415. The van der Waals surface area contributed by atoms with Crippen molar-refractivity contribution >= 4 is 34.8 Å². The summed E-state index contributed by atoms with van der Waals surface area (Å²) in [6.45, 7) is -0.629. The molecule has 8 nitrogen and oxygen atoms in total. The molecule has 1 unspecified atom stereocenters. The van der Waals surface area contributed by atoms with Gasteiger partial charge in [-0.15, -0.1) is 0 Å². The van der Waals surface area contributed by atoms with Crippen LogP contribution in [-0.4, -0.2) is 38.8 Å². The van der Waals surface area contributed by atoms with Gasteiger partial charge < -0.3 is 20.8 Å². The van der Waals surface area contributed by atoms with E-state index in [-0.39, 0.29) is 29.8 Å². The molecule has 182 valence electrons. The molecule has 0 aliphatic heterocycles. The maximum atomic E-state index is 14.8. The predicted molar refractivity (Wildman–Crippen MR) is 129 cm³/mol. The number of hydrogen-bond donors (Lipinski definition) is 4. The van der Waals surface area contributed by atoms with Crippen molar-refractivity contribution in [2.45, 2.75) is 18.4 Å². The molecule has 10 heteroatoms. The molecule has 3 aromatic rings. The molecule has 0 radical (unpaired) electrons. The fourth-order valence-electron chi connectivity index (χ4n) is 4.26. The Hall–Kier alpha value is -3.53. The summed E-state index contributed by atoms with van der Waals surface area (Å²) < 4.78 is 16.1. The molecule has 35 heavy (non-hydrogen) atoms. The Balaban J connectivity index is 1.53. The number of hydrogen-bond acceptors (Lipinski definition) is 5. The van der Waals surface area contributed by atoms with Crippen molar-refractivity contribution in [3.8, 4) is 5.69 Å². The van der Waals surface area contributed by atoms with Crippen LogP contribution >= 0.6 is 11.6 Å². The molecule has 1 heterocycles. The van der Waals surface area contributed by atoms with E-state index in [0.29, 0.717) is 10.7 Å². The third kappa shape index (κ3) is 5.43. The van der Waals surface area contributed by atoms with E-state index in [1.54, 1.807) is 36.4 Å². The van der Waals surface area contributed by atoms with E-state index in [9.17, 15) is 29.0 Å². The van der Waals surface area contributed by atoms with Gasteiger partial charge in [0.25, 0.3) is 5.56 Å². The number of halogens is 2. The number of rotatable bonds is 6. The smallest absolute Gasteiger partial charge is 0.255 e. The molecule has 2 amide bonds. The molecule has 1 aliphatic rings. The number of pyridine rings is 1. The van der Waals surface area contributed by atoms with Crippen LogP contribution in [0.25, 0.3) is 5.69 Å². The summed E-state index contributed by atoms with van der Waals surface area (Å²) in [4.78, 5) is 38.0. The Kier molecular flexibility index (Phi) is 7.02. The molecular weight excluding hydrogens is 477 g/mol. The zero-order valence-corrected chi connectivity index (χ0v) is 19.2. The molecule has 3 atom stereocenters. The second-order valence-corrected chi connectivity index (χ2v) is 9.00. The highest BCUT2D eigenvalue weighted by atomic mass is 35.5. The summed E-state index contributed by atoms with van der Waals surface area (Å²) in [7, 11) is 0. The SMILES string of the molecule is O=C(Nc1ccc(Cl)cc1)[C@H]1CC(O)(CO)C[C@@H]1C(=O)Nc1ccc(-n2ccccc2=O)cc1F. The highest BCUT2D eigenvalue weighted by Crippen LogP contribution is 2.41. The van der Waals surface area contributed by atoms with Gasteiger partial charge in [0.05, 0.1) is 35.4 Å². The lowest BCUT2D eigenvalue weighted by atomic mass is 9.94. The zero-order chi connectivity index (χ0) is 25.2. The molecule has 1 aliphatic carbocycles. The third-order valence-electron chi connectivity index (χ3n) is 6.08. The summed E-state index contributed by atoms with van der Waals surface area (Å²) in [5.74, 6) is -3.95. The van der Waals surface area contributed by atoms with Crippen LogP contribution in [0.3, 0.4) is 0 Å². The molecule has 0 spiro atoms. The van der Waals surface area contributed by atoms with Crippen LogP contribution < -0.4 is 16.2 Å². The Morgan fingerprint density at radius 1 is 1.03 bits per heavy atom. The van der Waals surface area contributed by atoms with E-state index in [1.807, 2.05) is 0 Å². The minimum atomic E-state index is -1.62. The molecule has 0 saturated heterocycles. The van der Waals surface area contributed by atoms with E-state index in [1.165, 1.54) is 29.0 Å². The van der Waals surface area contributed by atoms with Gasteiger partial charge in [-0.25, -0.2) is 4.39 Å². The molecule has 1 saturated carbocycles. The van der Waals surface area contributed by atoms with Crippen molar-refractivity contribution < 1.29 is 24.2 Å². The lowest BCUT2D eigenvalue weighted by Crippen LogP contribution is -2.33. The van der Waals surface area contributed by atoms with Crippen LogP contribution in [-0.2, 0) is 9.59 Å². The van der Waals surface area contributed by atoms with Crippen LogP contribution in [0.4, 0.5) is 15.8 Å². The van der Waals surface area contributed by atoms with Crippen molar-refractivity contribution in [3.05, 3.63) is 88.1 Å². The molecule has 2 aromatic carbocycles. The van der Waals surface area contributed by atoms with Crippen molar-refractivity contribution in [1.82, 2.24) is 4.57 Å². The number of benzene rings is 2. The minimum Gasteiger partial charge on any atom is -0.393 e. The first kappa shape index (κ1) is 24.6. The van der Waals surface area contributed by atoms with E-state index < -0.39 is 41.7 Å². The van der Waals surface area contributed by atoms with Gasteiger partial charge in [0.15, 0.2) is 0 Å². The highest BCUT2D eigenvalue weighted by Gasteiger charge is 2.50. The van der Waals surface area contributed by atoms with Gasteiger partial charge in [-0.05, 0) is 55.3 Å². The number of aliphatic hydroxyl groups excluding tert-OH is 1. The molecular formula is C25H23ClFN3O5. The Labute approximate surface area is 205 Å². The number of aliphatic hydroxyl groups is 2. The lowest BCUT2D eigenvalue weighted by molar-refractivity contribution is -0.128. The number of amides is 2. The van der Waals surface area contributed by atoms with Gasteiger partial charge in [-0.2, -0.15) is 0 Å². The van der Waals surface area contributed by atoms with Gasteiger partial charge in [0.1, 0.15) is 5.82 Å². The maximum absolute atomic E-state index is 14.8. The van der Waals surface area contributed by atoms with Crippen molar-refractivity contribution in [1.29, 1.82) is 0 Å². The summed E-state index contributed by atoms with van der Waals surface area (Å²) in [5.41, 5.74) is -1.37. The van der Waals surface area contributed by atoms with Crippen LogP contribution in [0.1, 0.15) is 12.8 Å². The number of carbonyl (C=O) groups excluding carboxylic acids is 2. The zero-order valence-electron chi connectivity index (χ0n) is 18.4. The lowest BCUT2D eigenvalue weighted by Gasteiger charge is -2.19. The summed E-state index contributed by atoms with van der Waals surface area (Å²) >= 11 is 5.86. The van der Waals surface area contributed by atoms with Gasteiger partial charge in [-0.3, -0.25) is 19.0 Å². The Morgan fingerprint density at radius 3 is 2.29 bits per heavy atom. The second-order valence-electron chi connectivity index (χ2n) is 8.56. The topological polar surface area (TPSA) is 121 Å². The molecule has 1 fully saturated rings. The van der Waals surface area contributed by atoms with Crippen LogP contribution in [0.2, 0.25) is 5.02 Å². The second kappa shape index (κ2) is 9.99. The van der Waals surface area contributed by atoms with Crippen LogP contribution in [0, 0.1) is 17.7 Å². The van der Waals surface area contributed by atoms with Gasteiger partial charge >= 0.3 is 0 Å². The first-order valence-corrected chi connectivity index (χ1v) is 11.2. The largest absolute Gasteiger partial charge is 0.393 e. The third-order valence-corrected chi connectivity index (χ3v) is 6.33. The summed E-state index contributed by atoms with van der Waals surface area (Å²) in [5, 5.41) is 25.9. The predicted octanol–water partition coefficient (Wildman–Crippen LogP) is 2.96. The minimum absolute atomic E-state index is 0.140. The normalized spacial score (nSPS) is 21.5. The first-order chi connectivity index (χ1) is 16.7. The summed E-state index contributed by atoms with van der Waals surface area (Å²) in [6.07, 6.45) is 1.18. The van der Waals surface area contributed by atoms with Crippen LogP contribution in [0.5, 0.6) is 0 Å². The van der Waals surface area contributed by atoms with Crippen LogP contribution in [0.15, 0.2) is 71.7 Å². The van der Waals surface area contributed by atoms with Crippen molar-refractivity contribution in [3.63, 3.8) is 0 Å². The van der Waals surface area contributed by atoms with E-state index in [0.717, 1.165) is 6.07 Å². The standard InChI is InChI=1S/C25H23ClFN3O5/c26-15-4-6-16(7-5-15)28-23(33)18-12-25(35,14-31)13-19(18)24(34)29-21-9-8-17(11-20(21)27)30-10-2-1-3-22(30)32/h1-11,18-19,31,35H,12-14H2,(H,28,33)(H,29,34)/t18-,19-,25?/m0/s1. The van der Waals surface area contributed by atoms with Gasteiger partial charge in [0, 0.05) is 29.0 Å². The number of carbonyl (C=O) groups is 2. The van der Waals surface area contributed by atoms with Gasteiger partial charge in [-0.1, -0.05) is 17.7 Å². The average Bonchev–Trinajstić information content (AvgIpc) is 3.21. The average molecular weight is 500 g/mol. The van der Waals surface area contributed by atoms with E-state index in [2.05, 4.69) is 10.6 Å². The number of nitrogens with zero attached hydrogens (tertiary/aromatic N) is 1. The molecule has 0 bridgehead atoms. The molecule has 4 rings (SSSR count). The molecule has 1 aromatic heterocycles. The van der Waals surface area contributed by atoms with Gasteiger partial charge in [0.2, 0.25) is 11.8 Å². The molecule has 4 N–H and O–H groups in total. The van der Waals surface area contributed by atoms with E-state index >= 15 is 0 Å².